The van der Waals surface area contributed by atoms with Gasteiger partial charge in [-0.15, -0.1) is 10.2 Å². The lowest BCUT2D eigenvalue weighted by Gasteiger charge is -2.10. The number of aromatic nitrogens is 2. The molecule has 1 unspecified atom stereocenters. The number of hydrogen-bond donors (Lipinski definition) is 1. The predicted molar refractivity (Wildman–Crippen MR) is 101 cm³/mol. The number of aryl methyl sites for hydroxylation is 1. The molecule has 0 saturated carbocycles. The number of carbonyl (C=O) groups is 1. The fourth-order valence-electron chi connectivity index (χ4n) is 2.87. The van der Waals surface area contributed by atoms with E-state index in [0.29, 0.717) is 18.2 Å². The maximum Gasteiger partial charge on any atom is 0.247 e. The smallest absolute Gasteiger partial charge is 0.247 e. The van der Waals surface area contributed by atoms with Crippen molar-refractivity contribution in [1.82, 2.24) is 15.5 Å². The Hall–Kier alpha value is -3.41. The summed E-state index contributed by atoms with van der Waals surface area (Å²) in [6, 6.07) is 19.1. The maximum absolute atomic E-state index is 12.2. The molecule has 0 radical (unpaired) electrons. The fraction of sp³-hybridized carbons (Fsp3) is 0.190. The maximum atomic E-state index is 12.2. The first-order chi connectivity index (χ1) is 13.2. The highest BCUT2D eigenvalue weighted by Gasteiger charge is 2.15. The highest BCUT2D eigenvalue weighted by Crippen LogP contribution is 2.23. The summed E-state index contributed by atoms with van der Waals surface area (Å²) in [6.07, 6.45) is 0.652. The lowest BCUT2D eigenvalue weighted by molar-refractivity contribution is -0.121. The summed E-state index contributed by atoms with van der Waals surface area (Å²) in [5.74, 6) is 1.54. The molecule has 0 aliphatic heterocycles. The molecule has 0 aliphatic rings. The van der Waals surface area contributed by atoms with Gasteiger partial charge in [-0.2, -0.15) is 0 Å². The summed E-state index contributed by atoms with van der Waals surface area (Å²) in [4.78, 5) is 12.2. The zero-order chi connectivity index (χ0) is 18.6. The Morgan fingerprint density at radius 3 is 2.63 bits per heavy atom. The van der Waals surface area contributed by atoms with E-state index < -0.39 is 0 Å². The number of fused-ring (bicyclic) bond motifs is 1. The molecule has 0 bridgehead atoms. The number of nitrogens with one attached hydrogen (secondary N) is 1. The number of benzene rings is 2. The molecule has 1 amide bonds. The van der Waals surface area contributed by atoms with Crippen LogP contribution in [0.4, 0.5) is 0 Å². The first-order valence-electron chi connectivity index (χ1n) is 8.85. The Morgan fingerprint density at radius 1 is 1.04 bits per heavy atom. The molecule has 0 aliphatic carbocycles. The standard InChI is InChI=1S/C21H19N3O3/c1-14(18-13-16-9-5-6-10-17(16)26-18)22-19(25)11-12-20-23-24-21(27-20)15-7-3-2-4-8-15/h2-10,13-14H,11-12H2,1H3,(H,22,25). The number of furan rings is 1. The van der Waals surface area contributed by atoms with E-state index in [0.717, 1.165) is 22.3 Å². The topological polar surface area (TPSA) is 81.2 Å². The van der Waals surface area contributed by atoms with Crippen LogP contribution in [-0.2, 0) is 11.2 Å². The van der Waals surface area contributed by atoms with Crippen LogP contribution in [0, 0.1) is 0 Å². The number of nitrogens with zero attached hydrogens (tertiary/aromatic N) is 2. The Bertz CT molecular complexity index is 1020. The van der Waals surface area contributed by atoms with Gasteiger partial charge in [0.15, 0.2) is 0 Å². The summed E-state index contributed by atoms with van der Waals surface area (Å²) in [7, 11) is 0. The second-order valence-corrected chi connectivity index (χ2v) is 6.34. The molecule has 0 fully saturated rings. The van der Waals surface area contributed by atoms with Crippen LogP contribution in [0.15, 0.2) is 69.5 Å². The van der Waals surface area contributed by atoms with Gasteiger partial charge in [-0.25, -0.2) is 0 Å². The lowest BCUT2D eigenvalue weighted by atomic mass is 10.2. The van der Waals surface area contributed by atoms with Gasteiger partial charge in [-0.1, -0.05) is 36.4 Å². The van der Waals surface area contributed by atoms with Crippen LogP contribution in [0.1, 0.15) is 31.0 Å². The first-order valence-corrected chi connectivity index (χ1v) is 8.85. The number of hydrogen-bond acceptors (Lipinski definition) is 5. The van der Waals surface area contributed by atoms with Gasteiger partial charge >= 0.3 is 0 Å². The third kappa shape index (κ3) is 3.89. The SMILES string of the molecule is CC(NC(=O)CCc1nnc(-c2ccccc2)o1)c1cc2ccccc2o1. The number of rotatable bonds is 6. The van der Waals surface area contributed by atoms with Crippen molar-refractivity contribution < 1.29 is 13.6 Å². The van der Waals surface area contributed by atoms with Gasteiger partial charge in [-0.05, 0) is 31.2 Å². The van der Waals surface area contributed by atoms with E-state index in [1.807, 2.05) is 67.6 Å². The molecule has 6 nitrogen and oxygen atoms in total. The van der Waals surface area contributed by atoms with Gasteiger partial charge in [0.2, 0.25) is 17.7 Å². The van der Waals surface area contributed by atoms with Crippen LogP contribution in [-0.4, -0.2) is 16.1 Å². The average Bonchev–Trinajstić information content (AvgIpc) is 3.34. The molecule has 0 spiro atoms. The van der Waals surface area contributed by atoms with Crippen molar-refractivity contribution in [2.24, 2.45) is 0 Å². The first kappa shape index (κ1) is 17.0. The van der Waals surface area contributed by atoms with Crippen molar-refractivity contribution in [2.75, 3.05) is 0 Å². The fourth-order valence-corrected chi connectivity index (χ4v) is 2.87. The summed E-state index contributed by atoms with van der Waals surface area (Å²) < 4.78 is 11.4. The third-order valence-electron chi connectivity index (χ3n) is 4.30. The monoisotopic (exact) mass is 361 g/mol. The van der Waals surface area contributed by atoms with Crippen LogP contribution in [0.3, 0.4) is 0 Å². The van der Waals surface area contributed by atoms with Crippen molar-refractivity contribution in [2.45, 2.75) is 25.8 Å². The Kier molecular flexibility index (Phi) is 4.70. The summed E-state index contributed by atoms with van der Waals surface area (Å²) in [5.41, 5.74) is 1.67. The highest BCUT2D eigenvalue weighted by molar-refractivity contribution is 5.79. The molecular weight excluding hydrogens is 342 g/mol. The summed E-state index contributed by atoms with van der Waals surface area (Å²) >= 11 is 0. The molecule has 4 rings (SSSR count). The van der Waals surface area contributed by atoms with Gasteiger partial charge in [-0.3, -0.25) is 4.79 Å². The molecule has 4 aromatic rings. The van der Waals surface area contributed by atoms with Gasteiger partial charge < -0.3 is 14.2 Å². The van der Waals surface area contributed by atoms with Crippen molar-refractivity contribution >= 4 is 16.9 Å². The van der Waals surface area contributed by atoms with E-state index in [1.165, 1.54) is 0 Å². The van der Waals surface area contributed by atoms with E-state index in [1.54, 1.807) is 0 Å². The summed E-state index contributed by atoms with van der Waals surface area (Å²) in [6.45, 7) is 1.90. The molecule has 6 heteroatoms. The van der Waals surface area contributed by atoms with Crippen LogP contribution in [0.2, 0.25) is 0 Å². The Balaban J connectivity index is 1.33. The Morgan fingerprint density at radius 2 is 1.81 bits per heavy atom. The van der Waals surface area contributed by atoms with E-state index in [4.69, 9.17) is 8.83 Å². The molecule has 27 heavy (non-hydrogen) atoms. The van der Waals surface area contributed by atoms with Gasteiger partial charge in [0.25, 0.3) is 0 Å². The number of carbonyl (C=O) groups excluding carboxylic acids is 1. The summed E-state index contributed by atoms with van der Waals surface area (Å²) in [5, 5.41) is 12.0. The highest BCUT2D eigenvalue weighted by atomic mass is 16.4. The quantitative estimate of drug-likeness (QED) is 0.554. The van der Waals surface area contributed by atoms with Crippen LogP contribution >= 0.6 is 0 Å². The zero-order valence-electron chi connectivity index (χ0n) is 14.9. The molecule has 2 aromatic carbocycles. The van der Waals surface area contributed by atoms with E-state index in [-0.39, 0.29) is 18.4 Å². The zero-order valence-corrected chi connectivity index (χ0v) is 14.9. The Labute approximate surface area is 156 Å². The van der Waals surface area contributed by atoms with Crippen LogP contribution in [0.25, 0.3) is 22.4 Å². The molecule has 2 aromatic heterocycles. The van der Waals surface area contributed by atoms with Gasteiger partial charge in [0.1, 0.15) is 11.3 Å². The van der Waals surface area contributed by atoms with E-state index in [9.17, 15) is 4.79 Å². The minimum atomic E-state index is -0.215. The number of amides is 1. The van der Waals surface area contributed by atoms with Gasteiger partial charge in [0.05, 0.1) is 6.04 Å². The van der Waals surface area contributed by atoms with E-state index >= 15 is 0 Å². The van der Waals surface area contributed by atoms with Gasteiger partial charge in [0, 0.05) is 23.8 Å². The molecule has 136 valence electrons. The molecule has 2 heterocycles. The second-order valence-electron chi connectivity index (χ2n) is 6.34. The second kappa shape index (κ2) is 7.45. The number of para-hydroxylation sites is 1. The largest absolute Gasteiger partial charge is 0.459 e. The van der Waals surface area contributed by atoms with Crippen molar-refractivity contribution in [3.63, 3.8) is 0 Å². The predicted octanol–water partition coefficient (Wildman–Crippen LogP) is 4.29. The average molecular weight is 361 g/mol. The van der Waals surface area contributed by atoms with E-state index in [2.05, 4.69) is 15.5 Å². The van der Waals surface area contributed by atoms with Crippen LogP contribution < -0.4 is 5.32 Å². The van der Waals surface area contributed by atoms with Crippen molar-refractivity contribution in [3.8, 4) is 11.5 Å². The van der Waals surface area contributed by atoms with Crippen molar-refractivity contribution in [3.05, 3.63) is 72.3 Å². The third-order valence-corrected chi connectivity index (χ3v) is 4.30. The van der Waals surface area contributed by atoms with Crippen molar-refractivity contribution in [1.29, 1.82) is 0 Å². The molecule has 1 atom stereocenters. The lowest BCUT2D eigenvalue weighted by Crippen LogP contribution is -2.26. The minimum absolute atomic E-state index is 0.0950. The minimum Gasteiger partial charge on any atom is -0.459 e. The normalized spacial score (nSPS) is 12.2. The molecular formula is C21H19N3O3. The molecule has 0 saturated heterocycles. The molecule has 1 N–H and O–H groups in total. The van der Waals surface area contributed by atoms with Crippen LogP contribution in [0.5, 0.6) is 0 Å².